The summed E-state index contributed by atoms with van der Waals surface area (Å²) in [5, 5.41) is 0. The highest BCUT2D eigenvalue weighted by molar-refractivity contribution is 7.89. The summed E-state index contributed by atoms with van der Waals surface area (Å²) in [5.74, 6) is 0. The summed E-state index contributed by atoms with van der Waals surface area (Å²) in [7, 11) is -3.93. The van der Waals surface area contributed by atoms with Crippen LogP contribution in [0.1, 0.15) is 5.56 Å². The standard InChI is InChI=1S/C19H25N3O4S2/c1-20(2)27(23,24)19-10-6-7-17(15-19)16-21-11-13-22(14-12-21)28(25,26)18-8-4-3-5-9-18/h3-10,15H,11-14,16H2,1-2H3. The first-order chi connectivity index (χ1) is 13.2. The zero-order chi connectivity index (χ0) is 20.4. The molecule has 1 aliphatic rings. The van der Waals surface area contributed by atoms with Crippen molar-refractivity contribution in [3.05, 3.63) is 60.2 Å². The van der Waals surface area contributed by atoms with Crippen LogP contribution in [0.5, 0.6) is 0 Å². The van der Waals surface area contributed by atoms with Gasteiger partial charge in [-0.2, -0.15) is 4.31 Å². The quantitative estimate of drug-likeness (QED) is 0.703. The molecule has 1 fully saturated rings. The number of benzene rings is 2. The molecule has 0 aromatic heterocycles. The second kappa shape index (κ2) is 8.30. The molecule has 0 radical (unpaired) electrons. The summed E-state index contributed by atoms with van der Waals surface area (Å²) >= 11 is 0. The van der Waals surface area contributed by atoms with Gasteiger partial charge in [-0.05, 0) is 29.8 Å². The van der Waals surface area contributed by atoms with Gasteiger partial charge in [-0.3, -0.25) is 4.90 Å². The molecule has 0 saturated carbocycles. The maximum atomic E-state index is 12.7. The van der Waals surface area contributed by atoms with Crippen molar-refractivity contribution in [2.45, 2.75) is 16.3 Å². The Morgan fingerprint density at radius 2 is 1.43 bits per heavy atom. The lowest BCUT2D eigenvalue weighted by Gasteiger charge is -2.34. The van der Waals surface area contributed by atoms with Crippen LogP contribution >= 0.6 is 0 Å². The second-order valence-corrected chi connectivity index (χ2v) is 11.0. The molecule has 1 saturated heterocycles. The number of rotatable bonds is 6. The molecule has 0 spiro atoms. The first-order valence-electron chi connectivity index (χ1n) is 9.00. The summed E-state index contributed by atoms with van der Waals surface area (Å²) < 4.78 is 52.7. The van der Waals surface area contributed by atoms with Gasteiger partial charge in [0, 0.05) is 46.8 Å². The Labute approximate surface area is 167 Å². The molecule has 0 N–H and O–H groups in total. The van der Waals surface area contributed by atoms with Crippen molar-refractivity contribution in [1.29, 1.82) is 0 Å². The monoisotopic (exact) mass is 423 g/mol. The lowest BCUT2D eigenvalue weighted by atomic mass is 10.2. The predicted molar refractivity (Wildman–Crippen MR) is 108 cm³/mol. The Bertz CT molecular complexity index is 1010. The van der Waals surface area contributed by atoms with E-state index in [1.807, 2.05) is 6.07 Å². The van der Waals surface area contributed by atoms with Crippen LogP contribution in [0.15, 0.2) is 64.4 Å². The van der Waals surface area contributed by atoms with E-state index >= 15 is 0 Å². The zero-order valence-electron chi connectivity index (χ0n) is 16.0. The third-order valence-electron chi connectivity index (χ3n) is 4.80. The normalized spacial score (nSPS) is 17.1. The second-order valence-electron chi connectivity index (χ2n) is 6.93. The van der Waals surface area contributed by atoms with Crippen LogP contribution in [0.2, 0.25) is 0 Å². The molecule has 152 valence electrons. The lowest BCUT2D eigenvalue weighted by Crippen LogP contribution is -2.48. The molecular formula is C19H25N3O4S2. The van der Waals surface area contributed by atoms with Gasteiger partial charge in [0.15, 0.2) is 0 Å². The molecule has 2 aromatic carbocycles. The Balaban J connectivity index is 1.65. The third-order valence-corrected chi connectivity index (χ3v) is 8.52. The van der Waals surface area contributed by atoms with Crippen molar-refractivity contribution in [3.63, 3.8) is 0 Å². The lowest BCUT2D eigenvalue weighted by molar-refractivity contribution is 0.181. The molecule has 1 heterocycles. The van der Waals surface area contributed by atoms with Gasteiger partial charge in [0.25, 0.3) is 0 Å². The fourth-order valence-corrected chi connectivity index (χ4v) is 5.56. The van der Waals surface area contributed by atoms with E-state index < -0.39 is 20.0 Å². The van der Waals surface area contributed by atoms with E-state index in [2.05, 4.69) is 4.90 Å². The molecular weight excluding hydrogens is 398 g/mol. The van der Waals surface area contributed by atoms with Gasteiger partial charge in [-0.1, -0.05) is 30.3 Å². The minimum absolute atomic E-state index is 0.264. The van der Waals surface area contributed by atoms with Crippen LogP contribution in [0.25, 0.3) is 0 Å². The SMILES string of the molecule is CN(C)S(=O)(=O)c1cccc(CN2CCN(S(=O)(=O)c3ccccc3)CC2)c1. The summed E-state index contributed by atoms with van der Waals surface area (Å²) in [6, 6.07) is 15.4. The van der Waals surface area contributed by atoms with Gasteiger partial charge in [-0.15, -0.1) is 0 Å². The number of piperazine rings is 1. The van der Waals surface area contributed by atoms with Crippen LogP contribution in [0, 0.1) is 0 Å². The van der Waals surface area contributed by atoms with Gasteiger partial charge >= 0.3 is 0 Å². The van der Waals surface area contributed by atoms with Crippen LogP contribution in [-0.4, -0.2) is 70.6 Å². The highest BCUT2D eigenvalue weighted by Gasteiger charge is 2.28. The molecule has 0 aliphatic carbocycles. The average molecular weight is 424 g/mol. The maximum absolute atomic E-state index is 12.7. The molecule has 9 heteroatoms. The van der Waals surface area contributed by atoms with Gasteiger partial charge < -0.3 is 0 Å². The summed E-state index contributed by atoms with van der Waals surface area (Å²) in [5.41, 5.74) is 0.891. The smallest absolute Gasteiger partial charge is 0.243 e. The van der Waals surface area contributed by atoms with Gasteiger partial charge in [0.1, 0.15) is 0 Å². The zero-order valence-corrected chi connectivity index (χ0v) is 17.7. The van der Waals surface area contributed by atoms with Crippen molar-refractivity contribution in [2.24, 2.45) is 0 Å². The molecule has 28 heavy (non-hydrogen) atoms. The van der Waals surface area contributed by atoms with Crippen molar-refractivity contribution < 1.29 is 16.8 Å². The van der Waals surface area contributed by atoms with Crippen LogP contribution in [-0.2, 0) is 26.6 Å². The van der Waals surface area contributed by atoms with Gasteiger partial charge in [-0.25, -0.2) is 21.1 Å². The van der Waals surface area contributed by atoms with Crippen molar-refractivity contribution >= 4 is 20.0 Å². The van der Waals surface area contributed by atoms with E-state index in [1.165, 1.54) is 22.7 Å². The minimum Gasteiger partial charge on any atom is -0.296 e. The number of hydrogen-bond acceptors (Lipinski definition) is 5. The Kier molecular flexibility index (Phi) is 6.21. The Morgan fingerprint density at radius 3 is 2.04 bits per heavy atom. The third kappa shape index (κ3) is 4.44. The van der Waals surface area contributed by atoms with Crippen molar-refractivity contribution in [1.82, 2.24) is 13.5 Å². The van der Waals surface area contributed by atoms with E-state index in [0.717, 1.165) is 5.56 Å². The molecule has 2 aromatic rings. The first kappa shape index (κ1) is 20.9. The molecule has 0 amide bonds. The topological polar surface area (TPSA) is 78.0 Å². The summed E-state index contributed by atoms with van der Waals surface area (Å²) in [6.07, 6.45) is 0. The van der Waals surface area contributed by atoms with Crippen molar-refractivity contribution in [2.75, 3.05) is 40.3 Å². The Morgan fingerprint density at radius 1 is 0.821 bits per heavy atom. The molecule has 0 bridgehead atoms. The average Bonchev–Trinajstić information content (AvgIpc) is 2.69. The largest absolute Gasteiger partial charge is 0.296 e. The molecule has 1 aliphatic heterocycles. The first-order valence-corrected chi connectivity index (χ1v) is 11.9. The molecule has 0 atom stereocenters. The van der Waals surface area contributed by atoms with Crippen molar-refractivity contribution in [3.8, 4) is 0 Å². The predicted octanol–water partition coefficient (Wildman–Crippen LogP) is 1.44. The number of hydrogen-bond donors (Lipinski definition) is 0. The highest BCUT2D eigenvalue weighted by atomic mass is 32.2. The van der Waals surface area contributed by atoms with E-state index in [1.54, 1.807) is 48.5 Å². The molecule has 0 unspecified atom stereocenters. The fraction of sp³-hybridized carbons (Fsp3) is 0.368. The summed E-state index contributed by atoms with van der Waals surface area (Å²) in [4.78, 5) is 2.71. The van der Waals surface area contributed by atoms with E-state index in [4.69, 9.17) is 0 Å². The Hall–Kier alpha value is -1.78. The van der Waals surface area contributed by atoms with Crippen LogP contribution in [0.4, 0.5) is 0 Å². The molecule has 7 nitrogen and oxygen atoms in total. The van der Waals surface area contributed by atoms with E-state index in [9.17, 15) is 16.8 Å². The van der Waals surface area contributed by atoms with E-state index in [0.29, 0.717) is 37.6 Å². The molecule has 3 rings (SSSR count). The van der Waals surface area contributed by atoms with Crippen LogP contribution < -0.4 is 0 Å². The summed E-state index contributed by atoms with van der Waals surface area (Å²) in [6.45, 7) is 2.59. The fourth-order valence-electron chi connectivity index (χ4n) is 3.14. The van der Waals surface area contributed by atoms with E-state index in [-0.39, 0.29) is 4.90 Å². The highest BCUT2D eigenvalue weighted by Crippen LogP contribution is 2.20. The minimum atomic E-state index is -3.47. The number of sulfonamides is 2. The van der Waals surface area contributed by atoms with Gasteiger partial charge in [0.05, 0.1) is 9.79 Å². The van der Waals surface area contributed by atoms with Crippen LogP contribution in [0.3, 0.4) is 0 Å². The maximum Gasteiger partial charge on any atom is 0.243 e. The number of nitrogens with zero attached hydrogens (tertiary/aromatic N) is 3. The van der Waals surface area contributed by atoms with Gasteiger partial charge in [0.2, 0.25) is 20.0 Å².